The minimum absolute atomic E-state index is 0.0129. The lowest BCUT2D eigenvalue weighted by Crippen LogP contribution is -2.15. The number of hydrogen-bond donors (Lipinski definition) is 1. The van der Waals surface area contributed by atoms with E-state index in [9.17, 15) is 15.2 Å². The van der Waals surface area contributed by atoms with Crippen LogP contribution in [0.15, 0.2) is 23.4 Å². The molecule has 2 unspecified atom stereocenters. The number of aliphatic hydroxyl groups excluding tert-OH is 1. The SMILES string of the molecule is CC(O)C(C)Sc1ccc([N+](=O)[O-])cn1. The molecule has 6 heteroatoms. The predicted octanol–water partition coefficient (Wildman–Crippen LogP) is 1.85. The van der Waals surface area contributed by atoms with E-state index in [2.05, 4.69) is 4.98 Å². The molecule has 0 radical (unpaired) electrons. The Morgan fingerprint density at radius 3 is 2.60 bits per heavy atom. The summed E-state index contributed by atoms with van der Waals surface area (Å²) in [6.07, 6.45) is 0.781. The van der Waals surface area contributed by atoms with Crippen molar-refractivity contribution < 1.29 is 10.0 Å². The van der Waals surface area contributed by atoms with E-state index in [1.807, 2.05) is 6.92 Å². The molecule has 5 nitrogen and oxygen atoms in total. The first-order valence-corrected chi connectivity index (χ1v) is 5.34. The van der Waals surface area contributed by atoms with Gasteiger partial charge in [-0.15, -0.1) is 11.8 Å². The number of hydrogen-bond acceptors (Lipinski definition) is 5. The number of rotatable bonds is 4. The number of pyridine rings is 1. The molecule has 0 saturated carbocycles. The first-order valence-electron chi connectivity index (χ1n) is 4.46. The summed E-state index contributed by atoms with van der Waals surface area (Å²) < 4.78 is 0. The second kappa shape index (κ2) is 5.09. The van der Waals surface area contributed by atoms with E-state index in [0.717, 1.165) is 0 Å². The topological polar surface area (TPSA) is 76.3 Å². The molecule has 0 spiro atoms. The van der Waals surface area contributed by atoms with Crippen molar-refractivity contribution in [3.05, 3.63) is 28.4 Å². The molecule has 82 valence electrons. The fourth-order valence-corrected chi connectivity index (χ4v) is 1.68. The predicted molar refractivity (Wildman–Crippen MR) is 57.9 cm³/mol. The fourth-order valence-electron chi connectivity index (χ4n) is 0.839. The molecular formula is C9H12N2O3S. The van der Waals surface area contributed by atoms with Crippen LogP contribution in [0.3, 0.4) is 0 Å². The molecule has 0 fully saturated rings. The van der Waals surface area contributed by atoms with Crippen LogP contribution in [0.1, 0.15) is 13.8 Å². The molecule has 0 aliphatic carbocycles. The van der Waals surface area contributed by atoms with Crippen molar-refractivity contribution >= 4 is 17.4 Å². The second-order valence-electron chi connectivity index (χ2n) is 3.18. The third kappa shape index (κ3) is 3.49. The number of aliphatic hydroxyl groups is 1. The Kier molecular flexibility index (Phi) is 4.05. The van der Waals surface area contributed by atoms with E-state index in [1.54, 1.807) is 13.0 Å². The summed E-state index contributed by atoms with van der Waals surface area (Å²) in [6, 6.07) is 2.99. The highest BCUT2D eigenvalue weighted by Crippen LogP contribution is 2.24. The summed E-state index contributed by atoms with van der Waals surface area (Å²) in [5, 5.41) is 20.3. The van der Waals surface area contributed by atoms with Crippen molar-refractivity contribution in [2.75, 3.05) is 0 Å². The van der Waals surface area contributed by atoms with Gasteiger partial charge in [-0.2, -0.15) is 0 Å². The van der Waals surface area contributed by atoms with Gasteiger partial charge in [0.15, 0.2) is 0 Å². The van der Waals surface area contributed by atoms with Gasteiger partial charge in [0, 0.05) is 11.3 Å². The van der Waals surface area contributed by atoms with Crippen molar-refractivity contribution in [2.24, 2.45) is 0 Å². The molecule has 1 N–H and O–H groups in total. The van der Waals surface area contributed by atoms with Crippen LogP contribution in [0.25, 0.3) is 0 Å². The molecule has 1 aromatic heterocycles. The third-order valence-corrected chi connectivity index (χ3v) is 3.17. The summed E-state index contributed by atoms with van der Waals surface area (Å²) in [7, 11) is 0. The zero-order valence-corrected chi connectivity index (χ0v) is 9.27. The van der Waals surface area contributed by atoms with Gasteiger partial charge in [0.05, 0.1) is 16.1 Å². The lowest BCUT2D eigenvalue weighted by Gasteiger charge is -2.12. The van der Waals surface area contributed by atoms with Gasteiger partial charge in [0.2, 0.25) is 0 Å². The highest BCUT2D eigenvalue weighted by atomic mass is 32.2. The summed E-state index contributed by atoms with van der Waals surface area (Å²) in [6.45, 7) is 3.57. The molecule has 2 atom stereocenters. The van der Waals surface area contributed by atoms with Crippen LogP contribution < -0.4 is 0 Å². The zero-order chi connectivity index (χ0) is 11.4. The Labute approximate surface area is 91.7 Å². The quantitative estimate of drug-likeness (QED) is 0.483. The minimum Gasteiger partial charge on any atom is -0.392 e. The van der Waals surface area contributed by atoms with Gasteiger partial charge in [-0.3, -0.25) is 10.1 Å². The monoisotopic (exact) mass is 228 g/mol. The van der Waals surface area contributed by atoms with Gasteiger partial charge in [-0.25, -0.2) is 4.98 Å². The average molecular weight is 228 g/mol. The standard InChI is InChI=1S/C9H12N2O3S/c1-6(12)7(2)15-9-4-3-8(5-10-9)11(13)14/h3-7,12H,1-2H3. The maximum Gasteiger partial charge on any atom is 0.287 e. The van der Waals surface area contributed by atoms with Crippen molar-refractivity contribution in [3.8, 4) is 0 Å². The smallest absolute Gasteiger partial charge is 0.287 e. The Hall–Kier alpha value is -1.14. The molecule has 0 aliphatic heterocycles. The minimum atomic E-state index is -0.487. The van der Waals surface area contributed by atoms with Crippen LogP contribution in [-0.4, -0.2) is 26.4 Å². The van der Waals surface area contributed by atoms with Crippen LogP contribution in [0.4, 0.5) is 5.69 Å². The largest absolute Gasteiger partial charge is 0.392 e. The average Bonchev–Trinajstić information content (AvgIpc) is 2.18. The van der Waals surface area contributed by atoms with Gasteiger partial charge < -0.3 is 5.11 Å². The summed E-state index contributed by atoms with van der Waals surface area (Å²) in [5.74, 6) is 0. The molecule has 1 heterocycles. The van der Waals surface area contributed by atoms with Gasteiger partial charge >= 0.3 is 0 Å². The number of thioether (sulfide) groups is 1. The fraction of sp³-hybridized carbons (Fsp3) is 0.444. The molecule has 1 aromatic rings. The molecule has 1 rings (SSSR count). The van der Waals surface area contributed by atoms with Crippen LogP contribution in [0, 0.1) is 10.1 Å². The van der Waals surface area contributed by atoms with E-state index in [-0.39, 0.29) is 10.9 Å². The van der Waals surface area contributed by atoms with Crippen LogP contribution in [0.2, 0.25) is 0 Å². The summed E-state index contributed by atoms with van der Waals surface area (Å²) in [5.41, 5.74) is -0.0240. The van der Waals surface area contributed by atoms with Crippen molar-refractivity contribution in [2.45, 2.75) is 30.2 Å². The van der Waals surface area contributed by atoms with Gasteiger partial charge in [-0.05, 0) is 13.0 Å². The molecular weight excluding hydrogens is 216 g/mol. The second-order valence-corrected chi connectivity index (χ2v) is 4.57. The zero-order valence-electron chi connectivity index (χ0n) is 8.45. The van der Waals surface area contributed by atoms with E-state index >= 15 is 0 Å². The van der Waals surface area contributed by atoms with E-state index in [4.69, 9.17) is 0 Å². The van der Waals surface area contributed by atoms with Crippen LogP contribution >= 0.6 is 11.8 Å². The molecule has 0 aromatic carbocycles. The Balaban J connectivity index is 2.68. The number of aromatic nitrogens is 1. The third-order valence-electron chi connectivity index (χ3n) is 1.92. The van der Waals surface area contributed by atoms with Gasteiger partial charge in [-0.1, -0.05) is 6.92 Å². The Bertz CT molecular complexity index is 340. The van der Waals surface area contributed by atoms with Gasteiger partial charge in [0.1, 0.15) is 6.20 Å². The molecule has 0 bridgehead atoms. The lowest BCUT2D eigenvalue weighted by molar-refractivity contribution is -0.385. The summed E-state index contributed by atoms with van der Waals surface area (Å²) >= 11 is 1.39. The number of nitrogens with zero attached hydrogens (tertiary/aromatic N) is 2. The number of nitro groups is 1. The van der Waals surface area contributed by atoms with Crippen molar-refractivity contribution in [1.29, 1.82) is 0 Å². The van der Waals surface area contributed by atoms with Gasteiger partial charge in [0.25, 0.3) is 5.69 Å². The molecule has 0 saturated heterocycles. The van der Waals surface area contributed by atoms with E-state index in [0.29, 0.717) is 5.03 Å². The lowest BCUT2D eigenvalue weighted by atomic mass is 10.3. The van der Waals surface area contributed by atoms with E-state index in [1.165, 1.54) is 24.0 Å². The van der Waals surface area contributed by atoms with Crippen molar-refractivity contribution in [3.63, 3.8) is 0 Å². The molecule has 0 amide bonds. The molecule has 0 aliphatic rings. The first kappa shape index (κ1) is 11.9. The first-order chi connectivity index (χ1) is 7.00. The van der Waals surface area contributed by atoms with Crippen molar-refractivity contribution in [1.82, 2.24) is 4.98 Å². The van der Waals surface area contributed by atoms with E-state index < -0.39 is 11.0 Å². The summed E-state index contributed by atoms with van der Waals surface area (Å²) in [4.78, 5) is 13.8. The van der Waals surface area contributed by atoms with Crippen LogP contribution in [-0.2, 0) is 0 Å². The van der Waals surface area contributed by atoms with Crippen LogP contribution in [0.5, 0.6) is 0 Å². The maximum atomic E-state index is 10.4. The highest BCUT2D eigenvalue weighted by molar-refractivity contribution is 7.99. The molecule has 15 heavy (non-hydrogen) atoms. The normalized spacial score (nSPS) is 14.6. The highest BCUT2D eigenvalue weighted by Gasteiger charge is 2.12. The maximum absolute atomic E-state index is 10.4. The Morgan fingerprint density at radius 1 is 1.53 bits per heavy atom. The Morgan fingerprint density at radius 2 is 2.20 bits per heavy atom.